The van der Waals surface area contributed by atoms with Crippen LogP contribution in [0.1, 0.15) is 30.7 Å². The number of hydrogen-bond acceptors (Lipinski definition) is 4. The molecule has 2 aromatic rings. The molecule has 0 saturated heterocycles. The van der Waals surface area contributed by atoms with Gasteiger partial charge >= 0.3 is 0 Å². The SMILES string of the molecule is CCN(CC)c1nc(C)cc(NCc2cccc(C)c2)n1. The number of rotatable bonds is 6. The molecule has 0 bridgehead atoms. The Hall–Kier alpha value is -2.10. The zero-order chi connectivity index (χ0) is 15.2. The summed E-state index contributed by atoms with van der Waals surface area (Å²) in [6.07, 6.45) is 0. The van der Waals surface area contributed by atoms with Gasteiger partial charge in [0.2, 0.25) is 5.95 Å². The van der Waals surface area contributed by atoms with Crippen molar-refractivity contribution < 1.29 is 0 Å². The van der Waals surface area contributed by atoms with Crippen molar-refractivity contribution in [1.29, 1.82) is 0 Å². The molecule has 4 heteroatoms. The van der Waals surface area contributed by atoms with Gasteiger partial charge in [0, 0.05) is 31.4 Å². The van der Waals surface area contributed by atoms with E-state index in [4.69, 9.17) is 0 Å². The molecule has 1 aromatic heterocycles. The van der Waals surface area contributed by atoms with E-state index in [1.165, 1.54) is 11.1 Å². The van der Waals surface area contributed by atoms with Crippen LogP contribution in [-0.4, -0.2) is 23.1 Å². The topological polar surface area (TPSA) is 41.1 Å². The summed E-state index contributed by atoms with van der Waals surface area (Å²) in [5, 5.41) is 3.39. The smallest absolute Gasteiger partial charge is 0.227 e. The molecule has 1 N–H and O–H groups in total. The number of anilines is 2. The van der Waals surface area contributed by atoms with Crippen molar-refractivity contribution in [3.05, 3.63) is 47.2 Å². The van der Waals surface area contributed by atoms with E-state index in [2.05, 4.69) is 65.2 Å². The molecule has 0 spiro atoms. The van der Waals surface area contributed by atoms with Crippen molar-refractivity contribution in [2.24, 2.45) is 0 Å². The van der Waals surface area contributed by atoms with Gasteiger partial charge in [0.25, 0.3) is 0 Å². The number of nitrogens with zero attached hydrogens (tertiary/aromatic N) is 3. The molecule has 0 radical (unpaired) electrons. The van der Waals surface area contributed by atoms with E-state index in [1.54, 1.807) is 0 Å². The molecule has 0 amide bonds. The highest BCUT2D eigenvalue weighted by atomic mass is 15.3. The lowest BCUT2D eigenvalue weighted by Crippen LogP contribution is -2.24. The maximum atomic E-state index is 4.62. The van der Waals surface area contributed by atoms with Gasteiger partial charge in [-0.15, -0.1) is 0 Å². The maximum Gasteiger partial charge on any atom is 0.227 e. The van der Waals surface area contributed by atoms with Gasteiger partial charge in [-0.3, -0.25) is 0 Å². The number of nitrogens with one attached hydrogen (secondary N) is 1. The van der Waals surface area contributed by atoms with Crippen LogP contribution in [0.2, 0.25) is 0 Å². The first-order valence-electron chi connectivity index (χ1n) is 7.52. The van der Waals surface area contributed by atoms with Crippen LogP contribution in [0.25, 0.3) is 0 Å². The summed E-state index contributed by atoms with van der Waals surface area (Å²) >= 11 is 0. The van der Waals surface area contributed by atoms with Crippen LogP contribution in [0.15, 0.2) is 30.3 Å². The standard InChI is InChI=1S/C17H24N4/c1-5-21(6-2)17-19-14(4)11-16(20-17)18-12-15-9-7-8-13(3)10-15/h7-11H,5-6,12H2,1-4H3,(H,18,19,20). The molecule has 0 saturated carbocycles. The maximum absolute atomic E-state index is 4.62. The van der Waals surface area contributed by atoms with Crippen molar-refractivity contribution in [3.8, 4) is 0 Å². The molecule has 21 heavy (non-hydrogen) atoms. The van der Waals surface area contributed by atoms with Crippen molar-refractivity contribution in [2.45, 2.75) is 34.2 Å². The fourth-order valence-electron chi connectivity index (χ4n) is 2.31. The van der Waals surface area contributed by atoms with Gasteiger partial charge in [0.1, 0.15) is 5.82 Å². The minimum absolute atomic E-state index is 0.774. The van der Waals surface area contributed by atoms with Crippen LogP contribution in [0.3, 0.4) is 0 Å². The Morgan fingerprint density at radius 1 is 1.05 bits per heavy atom. The lowest BCUT2D eigenvalue weighted by Gasteiger charge is -2.19. The molecule has 4 nitrogen and oxygen atoms in total. The normalized spacial score (nSPS) is 10.5. The summed E-state index contributed by atoms with van der Waals surface area (Å²) in [5.74, 6) is 1.68. The van der Waals surface area contributed by atoms with Crippen LogP contribution in [0.4, 0.5) is 11.8 Å². The third-order valence-electron chi connectivity index (χ3n) is 3.44. The first kappa shape index (κ1) is 15.3. The zero-order valence-electron chi connectivity index (χ0n) is 13.3. The molecule has 0 atom stereocenters. The van der Waals surface area contributed by atoms with E-state index >= 15 is 0 Å². The van der Waals surface area contributed by atoms with Crippen molar-refractivity contribution in [1.82, 2.24) is 9.97 Å². The minimum atomic E-state index is 0.774. The molecule has 0 fully saturated rings. The highest BCUT2D eigenvalue weighted by molar-refractivity contribution is 5.44. The summed E-state index contributed by atoms with van der Waals surface area (Å²) in [6, 6.07) is 10.5. The van der Waals surface area contributed by atoms with E-state index < -0.39 is 0 Å². The molecule has 0 unspecified atom stereocenters. The van der Waals surface area contributed by atoms with Crippen molar-refractivity contribution in [2.75, 3.05) is 23.3 Å². The fraction of sp³-hybridized carbons (Fsp3) is 0.412. The molecule has 1 heterocycles. The average molecular weight is 284 g/mol. The molecule has 0 aliphatic rings. The Labute approximate surface area is 127 Å². The van der Waals surface area contributed by atoms with E-state index in [0.29, 0.717) is 0 Å². The van der Waals surface area contributed by atoms with Crippen LogP contribution < -0.4 is 10.2 Å². The third-order valence-corrected chi connectivity index (χ3v) is 3.44. The predicted molar refractivity (Wildman–Crippen MR) is 88.8 cm³/mol. The van der Waals surface area contributed by atoms with Gasteiger partial charge in [-0.25, -0.2) is 4.98 Å². The van der Waals surface area contributed by atoms with Gasteiger partial charge in [-0.2, -0.15) is 4.98 Å². The monoisotopic (exact) mass is 284 g/mol. The number of aromatic nitrogens is 2. The Balaban J connectivity index is 2.13. The number of benzene rings is 1. The largest absolute Gasteiger partial charge is 0.366 e. The van der Waals surface area contributed by atoms with E-state index in [1.807, 2.05) is 13.0 Å². The Morgan fingerprint density at radius 2 is 1.81 bits per heavy atom. The number of aryl methyl sites for hydroxylation is 2. The van der Waals surface area contributed by atoms with Crippen LogP contribution in [-0.2, 0) is 6.54 Å². The van der Waals surface area contributed by atoms with Gasteiger partial charge in [-0.05, 0) is 33.3 Å². The lowest BCUT2D eigenvalue weighted by molar-refractivity contribution is 0.816. The van der Waals surface area contributed by atoms with Crippen molar-refractivity contribution in [3.63, 3.8) is 0 Å². The van der Waals surface area contributed by atoms with Gasteiger partial charge in [-0.1, -0.05) is 29.8 Å². The van der Waals surface area contributed by atoms with Gasteiger partial charge in [0.05, 0.1) is 0 Å². The average Bonchev–Trinajstić information content (AvgIpc) is 2.46. The minimum Gasteiger partial charge on any atom is -0.366 e. The first-order valence-corrected chi connectivity index (χ1v) is 7.52. The van der Waals surface area contributed by atoms with Crippen LogP contribution in [0.5, 0.6) is 0 Å². The van der Waals surface area contributed by atoms with Crippen LogP contribution >= 0.6 is 0 Å². The zero-order valence-corrected chi connectivity index (χ0v) is 13.3. The lowest BCUT2D eigenvalue weighted by atomic mass is 10.1. The molecule has 112 valence electrons. The number of hydrogen-bond donors (Lipinski definition) is 1. The Bertz CT molecular complexity index is 591. The Kier molecular flexibility index (Phi) is 5.14. The third kappa shape index (κ3) is 4.18. The van der Waals surface area contributed by atoms with Gasteiger partial charge in [0.15, 0.2) is 0 Å². The van der Waals surface area contributed by atoms with Crippen molar-refractivity contribution >= 4 is 11.8 Å². The summed E-state index contributed by atoms with van der Waals surface area (Å²) in [5.41, 5.74) is 3.52. The molecular formula is C17H24N4. The predicted octanol–water partition coefficient (Wildman–Crippen LogP) is 3.55. The second-order valence-corrected chi connectivity index (χ2v) is 5.21. The molecule has 0 aliphatic heterocycles. The quantitative estimate of drug-likeness (QED) is 0.880. The summed E-state index contributed by atoms with van der Waals surface area (Å²) in [6.45, 7) is 11.0. The second-order valence-electron chi connectivity index (χ2n) is 5.21. The summed E-state index contributed by atoms with van der Waals surface area (Å²) in [4.78, 5) is 11.3. The highest BCUT2D eigenvalue weighted by Crippen LogP contribution is 2.14. The van der Waals surface area contributed by atoms with E-state index in [-0.39, 0.29) is 0 Å². The molecule has 2 rings (SSSR count). The molecule has 1 aromatic carbocycles. The van der Waals surface area contributed by atoms with Gasteiger partial charge < -0.3 is 10.2 Å². The van der Waals surface area contributed by atoms with E-state index in [0.717, 1.165) is 37.1 Å². The summed E-state index contributed by atoms with van der Waals surface area (Å²) in [7, 11) is 0. The van der Waals surface area contributed by atoms with E-state index in [9.17, 15) is 0 Å². The second kappa shape index (κ2) is 7.07. The first-order chi connectivity index (χ1) is 10.1. The highest BCUT2D eigenvalue weighted by Gasteiger charge is 2.08. The molecular weight excluding hydrogens is 260 g/mol. The molecule has 0 aliphatic carbocycles. The van der Waals surface area contributed by atoms with Crippen LogP contribution in [0, 0.1) is 13.8 Å². The fourth-order valence-corrected chi connectivity index (χ4v) is 2.31. The summed E-state index contributed by atoms with van der Waals surface area (Å²) < 4.78 is 0. The Morgan fingerprint density at radius 3 is 2.48 bits per heavy atom.